The van der Waals surface area contributed by atoms with Crippen LogP contribution in [0.3, 0.4) is 0 Å². The number of rotatable bonds is 3. The number of hydrogen-bond donors (Lipinski definition) is 2. The molecule has 2 aromatic heterocycles. The molecule has 2 aliphatic heterocycles. The number of halogens is 4. The predicted molar refractivity (Wildman–Crippen MR) is 98.3 cm³/mol. The topological polar surface area (TPSA) is 108 Å². The van der Waals surface area contributed by atoms with Crippen LogP contribution in [0.5, 0.6) is 0 Å². The van der Waals surface area contributed by atoms with Crippen molar-refractivity contribution in [2.45, 2.75) is 43.9 Å². The summed E-state index contributed by atoms with van der Waals surface area (Å²) in [5, 5.41) is 12.1. The zero-order chi connectivity index (χ0) is 22.6. The molecule has 1 saturated carbocycles. The molecule has 2 saturated heterocycles. The Morgan fingerprint density at radius 1 is 1.19 bits per heavy atom. The van der Waals surface area contributed by atoms with Gasteiger partial charge in [0, 0.05) is 24.2 Å². The van der Waals surface area contributed by atoms with Crippen molar-refractivity contribution in [3.05, 3.63) is 36.0 Å². The molecular weight excluding hydrogens is 422 g/mol. The number of piperidine rings is 1. The molecule has 2 amide bonds. The fourth-order valence-electron chi connectivity index (χ4n) is 4.50. The standard InChI is InChI=1S/C19H17F4N5O3/c1-9-2-11-5-18(4-9,16(29)30)28(11)17(31)27-14-3-12(13(8-24-14)19(21,22)23)15-25-6-10(20)7-26-15/h3,6-9,11H,2,4-5H2,1H3,(H,29,30)(H,24,27,31). The minimum atomic E-state index is -4.79. The molecule has 31 heavy (non-hydrogen) atoms. The fourth-order valence-corrected chi connectivity index (χ4v) is 4.50. The number of carboxylic acids is 1. The number of urea groups is 1. The molecule has 8 nitrogen and oxygen atoms in total. The van der Waals surface area contributed by atoms with Gasteiger partial charge in [-0.3, -0.25) is 5.32 Å². The first kappa shape index (κ1) is 20.9. The first-order valence-electron chi connectivity index (χ1n) is 9.40. The molecule has 3 atom stereocenters. The summed E-state index contributed by atoms with van der Waals surface area (Å²) in [7, 11) is 0. The van der Waals surface area contributed by atoms with Gasteiger partial charge in [0.25, 0.3) is 0 Å². The molecule has 0 aromatic carbocycles. The zero-order valence-electron chi connectivity index (χ0n) is 16.1. The van der Waals surface area contributed by atoms with Gasteiger partial charge in [0.15, 0.2) is 11.6 Å². The van der Waals surface area contributed by atoms with Crippen LogP contribution in [0.2, 0.25) is 0 Å². The van der Waals surface area contributed by atoms with Gasteiger partial charge in [-0.1, -0.05) is 6.92 Å². The Balaban J connectivity index is 1.65. The molecule has 12 heteroatoms. The van der Waals surface area contributed by atoms with Crippen LogP contribution < -0.4 is 5.32 Å². The third-order valence-electron chi connectivity index (χ3n) is 5.68. The molecule has 4 heterocycles. The highest BCUT2D eigenvalue weighted by Crippen LogP contribution is 2.50. The molecule has 2 aromatic rings. The summed E-state index contributed by atoms with van der Waals surface area (Å²) in [6.07, 6.45) is -1.57. The van der Waals surface area contributed by atoms with Gasteiger partial charge in [0.05, 0.1) is 18.0 Å². The van der Waals surface area contributed by atoms with Crippen molar-refractivity contribution < 1.29 is 32.3 Å². The highest BCUT2D eigenvalue weighted by Gasteiger charge is 2.63. The molecule has 0 spiro atoms. The van der Waals surface area contributed by atoms with Crippen LogP contribution in [0, 0.1) is 11.7 Å². The number of carbonyl (C=O) groups excluding carboxylic acids is 1. The van der Waals surface area contributed by atoms with E-state index in [0.717, 1.165) is 18.5 Å². The number of carboxylic acid groups (broad SMARTS) is 1. The average Bonchev–Trinajstić information content (AvgIpc) is 2.66. The van der Waals surface area contributed by atoms with Gasteiger partial charge in [0.1, 0.15) is 11.4 Å². The van der Waals surface area contributed by atoms with Gasteiger partial charge in [-0.2, -0.15) is 13.2 Å². The molecular formula is C19H17F4N5O3. The van der Waals surface area contributed by atoms with Gasteiger partial charge in [-0.05, 0) is 24.8 Å². The van der Waals surface area contributed by atoms with E-state index in [4.69, 9.17) is 0 Å². The lowest BCUT2D eigenvalue weighted by Crippen LogP contribution is -2.75. The van der Waals surface area contributed by atoms with Gasteiger partial charge in [0.2, 0.25) is 0 Å². The normalized spacial score (nSPS) is 25.0. The number of amides is 2. The molecule has 5 rings (SSSR count). The highest BCUT2D eigenvalue weighted by atomic mass is 19.4. The van der Waals surface area contributed by atoms with Crippen LogP contribution in [0.1, 0.15) is 31.7 Å². The van der Waals surface area contributed by atoms with E-state index in [1.807, 2.05) is 6.92 Å². The molecule has 3 aliphatic rings. The number of aromatic nitrogens is 3. The SMILES string of the molecule is CC1CC2CC(C(=O)O)(C1)N2C(=O)Nc1cc(-c2ncc(F)cn2)c(C(F)(F)F)cn1. The van der Waals surface area contributed by atoms with Crippen LogP contribution in [0.4, 0.5) is 28.2 Å². The van der Waals surface area contributed by atoms with Crippen molar-refractivity contribution in [2.75, 3.05) is 5.32 Å². The van der Waals surface area contributed by atoms with Crippen LogP contribution in [0.15, 0.2) is 24.7 Å². The van der Waals surface area contributed by atoms with Crippen LogP contribution >= 0.6 is 0 Å². The maximum atomic E-state index is 13.4. The summed E-state index contributed by atoms with van der Waals surface area (Å²) in [5.74, 6) is -2.45. The molecule has 1 aliphatic carbocycles. The summed E-state index contributed by atoms with van der Waals surface area (Å²) < 4.78 is 53.3. The molecule has 164 valence electrons. The number of anilines is 1. The number of nitrogens with zero attached hydrogens (tertiary/aromatic N) is 4. The van der Waals surface area contributed by atoms with E-state index in [0.29, 0.717) is 25.5 Å². The van der Waals surface area contributed by atoms with Gasteiger partial charge in [-0.25, -0.2) is 28.9 Å². The minimum absolute atomic E-state index is 0.130. The lowest BCUT2D eigenvalue weighted by molar-refractivity contribution is -0.173. The Labute approximate surface area is 173 Å². The van der Waals surface area contributed by atoms with Crippen molar-refractivity contribution in [3.63, 3.8) is 0 Å². The number of pyridine rings is 1. The predicted octanol–water partition coefficient (Wildman–Crippen LogP) is 3.56. The van der Waals surface area contributed by atoms with E-state index >= 15 is 0 Å². The van der Waals surface area contributed by atoms with E-state index in [1.54, 1.807) is 0 Å². The summed E-state index contributed by atoms with van der Waals surface area (Å²) in [5.41, 5.74) is -2.99. The number of carbonyl (C=O) groups is 2. The zero-order valence-corrected chi connectivity index (χ0v) is 16.1. The molecule has 0 radical (unpaired) electrons. The van der Waals surface area contributed by atoms with Crippen LogP contribution in [-0.2, 0) is 11.0 Å². The van der Waals surface area contributed by atoms with Crippen molar-refractivity contribution in [1.29, 1.82) is 0 Å². The first-order valence-corrected chi connectivity index (χ1v) is 9.40. The molecule has 3 fully saturated rings. The Morgan fingerprint density at radius 3 is 2.48 bits per heavy atom. The summed E-state index contributed by atoms with van der Waals surface area (Å²) in [6, 6.07) is -0.0995. The number of alkyl halides is 3. The van der Waals surface area contributed by atoms with E-state index in [9.17, 15) is 32.3 Å². The highest BCUT2D eigenvalue weighted by molar-refractivity contribution is 5.96. The Bertz CT molecular complexity index is 1050. The quantitative estimate of drug-likeness (QED) is 0.708. The average molecular weight is 439 g/mol. The number of aliphatic carboxylic acids is 1. The molecule has 2 bridgehead atoms. The third kappa shape index (κ3) is 3.55. The maximum Gasteiger partial charge on any atom is 0.418 e. The van der Waals surface area contributed by atoms with Crippen molar-refractivity contribution in [1.82, 2.24) is 19.9 Å². The fraction of sp³-hybridized carbons (Fsp3) is 0.421. The largest absolute Gasteiger partial charge is 0.479 e. The van der Waals surface area contributed by atoms with Crippen molar-refractivity contribution >= 4 is 17.8 Å². The Kier molecular flexibility index (Phi) is 4.82. The number of nitrogens with one attached hydrogen (secondary N) is 1. The van der Waals surface area contributed by atoms with E-state index < -0.39 is 46.5 Å². The van der Waals surface area contributed by atoms with E-state index in [-0.39, 0.29) is 17.8 Å². The lowest BCUT2D eigenvalue weighted by atomic mass is 9.64. The van der Waals surface area contributed by atoms with Gasteiger partial charge < -0.3 is 10.0 Å². The smallest absolute Gasteiger partial charge is 0.418 e. The maximum absolute atomic E-state index is 13.4. The second kappa shape index (κ2) is 7.13. The van der Waals surface area contributed by atoms with E-state index in [2.05, 4.69) is 20.3 Å². The van der Waals surface area contributed by atoms with Crippen molar-refractivity contribution in [3.8, 4) is 11.4 Å². The monoisotopic (exact) mass is 439 g/mol. The number of fused-ring (bicyclic) bond motifs is 2. The van der Waals surface area contributed by atoms with Crippen LogP contribution in [-0.4, -0.2) is 48.5 Å². The summed E-state index contributed by atoms with van der Waals surface area (Å²) >= 11 is 0. The minimum Gasteiger partial charge on any atom is -0.479 e. The Hall–Kier alpha value is -3.31. The van der Waals surface area contributed by atoms with Crippen LogP contribution in [0.25, 0.3) is 11.4 Å². The molecule has 3 unspecified atom stereocenters. The molecule has 2 N–H and O–H groups in total. The number of hydrogen-bond acceptors (Lipinski definition) is 5. The van der Waals surface area contributed by atoms with Gasteiger partial charge in [-0.15, -0.1) is 0 Å². The van der Waals surface area contributed by atoms with Gasteiger partial charge >= 0.3 is 18.2 Å². The summed E-state index contributed by atoms with van der Waals surface area (Å²) in [6.45, 7) is 1.91. The first-order chi connectivity index (χ1) is 14.5. The second-order valence-corrected chi connectivity index (χ2v) is 7.88. The lowest BCUT2D eigenvalue weighted by Gasteiger charge is -2.60. The summed E-state index contributed by atoms with van der Waals surface area (Å²) in [4.78, 5) is 36.7. The van der Waals surface area contributed by atoms with Crippen molar-refractivity contribution in [2.24, 2.45) is 5.92 Å². The van der Waals surface area contributed by atoms with E-state index in [1.165, 1.54) is 4.90 Å². The Morgan fingerprint density at radius 2 is 1.87 bits per heavy atom. The third-order valence-corrected chi connectivity index (χ3v) is 5.68. The second-order valence-electron chi connectivity index (χ2n) is 7.88.